The van der Waals surface area contributed by atoms with Crippen molar-refractivity contribution in [2.24, 2.45) is 0 Å². The van der Waals surface area contributed by atoms with Crippen molar-refractivity contribution in [3.8, 4) is 0 Å². The van der Waals surface area contributed by atoms with Crippen LogP contribution in [0.5, 0.6) is 0 Å². The Morgan fingerprint density at radius 2 is 1.79 bits per heavy atom. The van der Waals surface area contributed by atoms with Gasteiger partial charge in [-0.25, -0.2) is 0 Å². The van der Waals surface area contributed by atoms with Crippen LogP contribution in [0, 0.1) is 6.92 Å². The van der Waals surface area contributed by atoms with Gasteiger partial charge in [-0.1, -0.05) is 59.6 Å². The molecule has 1 N–H and O–H groups in total. The lowest BCUT2D eigenvalue weighted by atomic mass is 10.1. The van der Waals surface area contributed by atoms with Gasteiger partial charge in [0.2, 0.25) is 0 Å². The monoisotopic (exact) mass is 403 g/mol. The average Bonchev–Trinajstić information content (AvgIpc) is 3.12. The molecule has 0 aliphatic heterocycles. The van der Waals surface area contributed by atoms with E-state index in [0.29, 0.717) is 17.1 Å². The molecule has 4 aromatic rings. The zero-order valence-corrected chi connectivity index (χ0v) is 17.1. The van der Waals surface area contributed by atoms with E-state index in [4.69, 9.17) is 11.6 Å². The van der Waals surface area contributed by atoms with Crippen molar-refractivity contribution in [3.63, 3.8) is 0 Å². The van der Waals surface area contributed by atoms with Gasteiger partial charge in [0, 0.05) is 16.0 Å². The Morgan fingerprint density at radius 3 is 2.52 bits per heavy atom. The Bertz CT molecular complexity index is 1150. The zero-order chi connectivity index (χ0) is 20.4. The summed E-state index contributed by atoms with van der Waals surface area (Å²) in [5, 5.41) is 9.27. The van der Waals surface area contributed by atoms with Crippen molar-refractivity contribution in [1.82, 2.24) is 15.1 Å². The smallest absolute Gasteiger partial charge is 0.251 e. The zero-order valence-electron chi connectivity index (χ0n) is 16.4. The normalized spacial score (nSPS) is 12.1. The summed E-state index contributed by atoms with van der Waals surface area (Å²) in [5.74, 6) is -0.0979. The first-order valence-corrected chi connectivity index (χ1v) is 9.95. The summed E-state index contributed by atoms with van der Waals surface area (Å²) in [5.41, 5.74) is 4.93. The van der Waals surface area contributed by atoms with Gasteiger partial charge in [-0.2, -0.15) is 5.10 Å². The molecule has 0 saturated heterocycles. The van der Waals surface area contributed by atoms with E-state index in [1.54, 1.807) is 0 Å². The van der Waals surface area contributed by atoms with Gasteiger partial charge < -0.3 is 5.32 Å². The van der Waals surface area contributed by atoms with Gasteiger partial charge in [-0.05, 0) is 49.2 Å². The number of halogens is 1. The summed E-state index contributed by atoms with van der Waals surface area (Å²) in [7, 11) is 0. The first kappa shape index (κ1) is 19.2. The second-order valence-corrected chi connectivity index (χ2v) is 7.74. The van der Waals surface area contributed by atoms with Crippen LogP contribution in [0.25, 0.3) is 10.9 Å². The number of nitrogens with zero attached hydrogens (tertiary/aromatic N) is 2. The molecule has 0 radical (unpaired) electrons. The van der Waals surface area contributed by atoms with E-state index in [9.17, 15) is 4.79 Å². The standard InChI is InChI=1S/C24H22ClN3O/c1-16-3-7-19(8-4-16)17(2)27-24(29)20-9-10-21-14-26-28(23(21)13-20)15-18-5-11-22(25)12-6-18/h3-14,17H,15H2,1-2H3,(H,27,29)/t17-/m1/s1. The first-order valence-electron chi connectivity index (χ1n) is 9.57. The summed E-state index contributed by atoms with van der Waals surface area (Å²) in [6.45, 7) is 4.66. The van der Waals surface area contributed by atoms with Crippen LogP contribution in [0.1, 0.15) is 40.0 Å². The topological polar surface area (TPSA) is 46.9 Å². The third kappa shape index (κ3) is 4.33. The van der Waals surface area contributed by atoms with Gasteiger partial charge in [0.1, 0.15) is 0 Å². The highest BCUT2D eigenvalue weighted by Gasteiger charge is 2.13. The molecule has 1 heterocycles. The molecule has 0 fully saturated rings. The number of aryl methyl sites for hydroxylation is 1. The van der Waals surface area contributed by atoms with Crippen LogP contribution in [0.2, 0.25) is 5.02 Å². The number of fused-ring (bicyclic) bond motifs is 1. The predicted octanol–water partition coefficient (Wildman–Crippen LogP) is 5.54. The van der Waals surface area contributed by atoms with E-state index in [1.807, 2.05) is 72.4 Å². The van der Waals surface area contributed by atoms with Crippen molar-refractivity contribution in [3.05, 3.63) is 100 Å². The molecule has 0 bridgehead atoms. The number of nitrogens with one attached hydrogen (secondary N) is 1. The number of amides is 1. The van der Waals surface area contributed by atoms with Crippen LogP contribution in [0.3, 0.4) is 0 Å². The fraction of sp³-hybridized carbons (Fsp3) is 0.167. The highest BCUT2D eigenvalue weighted by atomic mass is 35.5. The van der Waals surface area contributed by atoms with Crippen molar-refractivity contribution in [2.45, 2.75) is 26.4 Å². The van der Waals surface area contributed by atoms with Crippen LogP contribution in [0.4, 0.5) is 0 Å². The summed E-state index contributed by atoms with van der Waals surface area (Å²) in [4.78, 5) is 12.8. The van der Waals surface area contributed by atoms with E-state index in [0.717, 1.165) is 22.0 Å². The van der Waals surface area contributed by atoms with E-state index in [-0.39, 0.29) is 11.9 Å². The van der Waals surface area contributed by atoms with Crippen LogP contribution >= 0.6 is 11.6 Å². The highest BCUT2D eigenvalue weighted by Crippen LogP contribution is 2.19. The number of carbonyl (C=O) groups excluding carboxylic acids is 1. The largest absolute Gasteiger partial charge is 0.346 e. The van der Waals surface area contributed by atoms with Crippen molar-refractivity contribution < 1.29 is 4.79 Å². The van der Waals surface area contributed by atoms with Crippen molar-refractivity contribution >= 4 is 28.4 Å². The summed E-state index contributed by atoms with van der Waals surface area (Å²) in [6, 6.07) is 21.5. The maximum Gasteiger partial charge on any atom is 0.251 e. The third-order valence-electron chi connectivity index (χ3n) is 5.08. The Balaban J connectivity index is 1.55. The molecule has 4 rings (SSSR count). The quantitative estimate of drug-likeness (QED) is 0.475. The second-order valence-electron chi connectivity index (χ2n) is 7.31. The molecule has 5 heteroatoms. The lowest BCUT2D eigenvalue weighted by Crippen LogP contribution is -2.26. The van der Waals surface area contributed by atoms with Crippen LogP contribution in [0.15, 0.2) is 72.9 Å². The fourth-order valence-electron chi connectivity index (χ4n) is 3.32. The molecule has 0 aliphatic carbocycles. The van der Waals surface area contributed by atoms with Gasteiger partial charge in [0.15, 0.2) is 0 Å². The molecular formula is C24H22ClN3O. The molecule has 4 nitrogen and oxygen atoms in total. The lowest BCUT2D eigenvalue weighted by Gasteiger charge is -2.15. The molecule has 1 amide bonds. The van der Waals surface area contributed by atoms with Gasteiger partial charge in [0.05, 0.1) is 24.3 Å². The molecule has 0 unspecified atom stereocenters. The van der Waals surface area contributed by atoms with Gasteiger partial charge in [0.25, 0.3) is 5.91 Å². The summed E-state index contributed by atoms with van der Waals surface area (Å²) in [6.07, 6.45) is 1.82. The van der Waals surface area contributed by atoms with E-state index >= 15 is 0 Å². The minimum Gasteiger partial charge on any atom is -0.346 e. The minimum atomic E-state index is -0.0979. The number of benzene rings is 3. The summed E-state index contributed by atoms with van der Waals surface area (Å²) >= 11 is 5.97. The van der Waals surface area contributed by atoms with Gasteiger partial charge >= 0.3 is 0 Å². The molecule has 1 aromatic heterocycles. The maximum absolute atomic E-state index is 12.8. The van der Waals surface area contributed by atoms with Gasteiger partial charge in [-0.15, -0.1) is 0 Å². The minimum absolute atomic E-state index is 0.0715. The van der Waals surface area contributed by atoms with E-state index < -0.39 is 0 Å². The SMILES string of the molecule is Cc1ccc([C@@H](C)NC(=O)c2ccc3cnn(Cc4ccc(Cl)cc4)c3c2)cc1. The predicted molar refractivity (Wildman–Crippen MR) is 117 cm³/mol. The molecule has 146 valence electrons. The Kier molecular flexibility index (Phi) is 5.36. The summed E-state index contributed by atoms with van der Waals surface area (Å²) < 4.78 is 1.90. The van der Waals surface area contributed by atoms with E-state index in [1.165, 1.54) is 5.56 Å². The fourth-order valence-corrected chi connectivity index (χ4v) is 3.44. The molecule has 0 spiro atoms. The number of hydrogen-bond donors (Lipinski definition) is 1. The Hall–Kier alpha value is -3.11. The van der Waals surface area contributed by atoms with Crippen molar-refractivity contribution in [2.75, 3.05) is 0 Å². The van der Waals surface area contributed by atoms with Crippen LogP contribution < -0.4 is 5.32 Å². The Labute approximate surface area is 175 Å². The number of carbonyl (C=O) groups is 1. The number of aromatic nitrogens is 2. The van der Waals surface area contributed by atoms with Crippen LogP contribution in [-0.2, 0) is 6.54 Å². The first-order chi connectivity index (χ1) is 14.0. The molecule has 0 aliphatic rings. The molecular weight excluding hydrogens is 382 g/mol. The lowest BCUT2D eigenvalue weighted by molar-refractivity contribution is 0.0940. The average molecular weight is 404 g/mol. The van der Waals surface area contributed by atoms with E-state index in [2.05, 4.69) is 29.5 Å². The Morgan fingerprint density at radius 1 is 1.07 bits per heavy atom. The van der Waals surface area contributed by atoms with Gasteiger partial charge in [-0.3, -0.25) is 9.48 Å². The molecule has 0 saturated carbocycles. The van der Waals surface area contributed by atoms with Crippen LogP contribution in [-0.4, -0.2) is 15.7 Å². The number of hydrogen-bond acceptors (Lipinski definition) is 2. The highest BCUT2D eigenvalue weighted by molar-refractivity contribution is 6.30. The molecule has 3 aromatic carbocycles. The third-order valence-corrected chi connectivity index (χ3v) is 5.33. The maximum atomic E-state index is 12.8. The van der Waals surface area contributed by atoms with Crippen molar-refractivity contribution in [1.29, 1.82) is 0 Å². The molecule has 1 atom stereocenters. The number of rotatable bonds is 5. The second kappa shape index (κ2) is 8.10. The molecule has 29 heavy (non-hydrogen) atoms.